The van der Waals surface area contributed by atoms with E-state index in [1.165, 1.54) is 5.56 Å². The molecule has 0 saturated carbocycles. The molecule has 5 nitrogen and oxygen atoms in total. The highest BCUT2D eigenvalue weighted by molar-refractivity contribution is 5.96. The lowest BCUT2D eigenvalue weighted by Crippen LogP contribution is -2.48. The van der Waals surface area contributed by atoms with E-state index in [1.54, 1.807) is 6.20 Å². The summed E-state index contributed by atoms with van der Waals surface area (Å²) in [6.45, 7) is 6.26. The number of carbonyl (C=O) groups is 1. The molecule has 3 aromatic rings. The van der Waals surface area contributed by atoms with Gasteiger partial charge in [-0.05, 0) is 54.8 Å². The lowest BCUT2D eigenvalue weighted by atomic mass is 10.0. The number of furan rings is 1. The third-order valence-electron chi connectivity index (χ3n) is 4.92. The molecule has 0 radical (unpaired) electrons. The Morgan fingerprint density at radius 2 is 2.12 bits per heavy atom. The van der Waals surface area contributed by atoms with Crippen LogP contribution in [0.4, 0.5) is 0 Å². The Hall–Kier alpha value is -2.66. The summed E-state index contributed by atoms with van der Waals surface area (Å²) in [6.07, 6.45) is 3.57. The van der Waals surface area contributed by atoms with Crippen LogP contribution in [-0.4, -0.2) is 35.4 Å². The summed E-state index contributed by atoms with van der Waals surface area (Å²) < 4.78 is 5.88. The average Bonchev–Trinajstić information content (AvgIpc) is 3.05. The lowest BCUT2D eigenvalue weighted by molar-refractivity contribution is 0.0603. The van der Waals surface area contributed by atoms with Crippen LogP contribution >= 0.6 is 0 Å². The maximum absolute atomic E-state index is 13.1. The first-order valence-corrected chi connectivity index (χ1v) is 8.56. The van der Waals surface area contributed by atoms with E-state index >= 15 is 0 Å². The third kappa shape index (κ3) is 2.91. The first kappa shape index (κ1) is 15.8. The highest BCUT2D eigenvalue weighted by Crippen LogP contribution is 2.27. The summed E-state index contributed by atoms with van der Waals surface area (Å²) in [5.74, 6) is 0.331. The van der Waals surface area contributed by atoms with Gasteiger partial charge in [-0.25, -0.2) is 0 Å². The Kier molecular flexibility index (Phi) is 4.01. The monoisotopic (exact) mass is 335 g/mol. The number of aryl methyl sites for hydroxylation is 2. The molecule has 3 heterocycles. The van der Waals surface area contributed by atoms with Crippen LogP contribution in [0.5, 0.6) is 0 Å². The number of amides is 1. The minimum atomic E-state index is -0.0677. The summed E-state index contributed by atoms with van der Waals surface area (Å²) >= 11 is 0. The van der Waals surface area contributed by atoms with E-state index in [2.05, 4.69) is 23.3 Å². The fourth-order valence-corrected chi connectivity index (χ4v) is 3.37. The summed E-state index contributed by atoms with van der Waals surface area (Å²) in [6, 6.07) is 9.80. The topological polar surface area (TPSA) is 58.4 Å². The first-order chi connectivity index (χ1) is 12.1. The smallest absolute Gasteiger partial charge is 0.290 e. The number of rotatable bonds is 2. The quantitative estimate of drug-likeness (QED) is 0.781. The van der Waals surface area contributed by atoms with E-state index in [0.717, 1.165) is 35.2 Å². The second-order valence-corrected chi connectivity index (χ2v) is 6.59. The SMILES string of the molecule is Cc1cc2cc(C(=O)N3CCNCC3c3cccnc3)oc2cc1C. The van der Waals surface area contributed by atoms with E-state index in [-0.39, 0.29) is 11.9 Å². The third-order valence-corrected chi connectivity index (χ3v) is 4.92. The van der Waals surface area contributed by atoms with Gasteiger partial charge in [0.05, 0.1) is 6.04 Å². The molecule has 25 heavy (non-hydrogen) atoms. The summed E-state index contributed by atoms with van der Waals surface area (Å²) in [5, 5.41) is 4.33. The predicted octanol–water partition coefficient (Wildman–Crippen LogP) is 3.23. The van der Waals surface area contributed by atoms with Crippen LogP contribution in [0.2, 0.25) is 0 Å². The lowest BCUT2D eigenvalue weighted by Gasteiger charge is -2.35. The van der Waals surface area contributed by atoms with Crippen molar-refractivity contribution >= 4 is 16.9 Å². The molecule has 1 fully saturated rings. The molecule has 1 aliphatic heterocycles. The van der Waals surface area contributed by atoms with E-state index in [1.807, 2.05) is 42.3 Å². The number of fused-ring (bicyclic) bond motifs is 1. The van der Waals surface area contributed by atoms with E-state index in [9.17, 15) is 4.79 Å². The van der Waals surface area contributed by atoms with Crippen LogP contribution in [0, 0.1) is 13.8 Å². The molecule has 1 atom stereocenters. The second-order valence-electron chi connectivity index (χ2n) is 6.59. The molecule has 0 bridgehead atoms. The Morgan fingerprint density at radius 1 is 1.28 bits per heavy atom. The molecule has 0 spiro atoms. The van der Waals surface area contributed by atoms with Gasteiger partial charge in [-0.2, -0.15) is 0 Å². The number of nitrogens with one attached hydrogen (secondary N) is 1. The maximum Gasteiger partial charge on any atom is 0.290 e. The van der Waals surface area contributed by atoms with Gasteiger partial charge in [0.2, 0.25) is 0 Å². The minimum Gasteiger partial charge on any atom is -0.451 e. The molecule has 4 rings (SSSR count). The number of nitrogens with zero attached hydrogens (tertiary/aromatic N) is 2. The molecule has 128 valence electrons. The number of piperazine rings is 1. The van der Waals surface area contributed by atoms with Gasteiger partial charge in [0.25, 0.3) is 5.91 Å². The fourth-order valence-electron chi connectivity index (χ4n) is 3.37. The number of aromatic nitrogens is 1. The standard InChI is InChI=1S/C20H21N3O2/c1-13-8-16-10-19(25-18(16)9-14(13)2)20(24)23-7-6-22-12-17(23)15-4-3-5-21-11-15/h3-5,8-11,17,22H,6-7,12H2,1-2H3. The van der Waals surface area contributed by atoms with Crippen molar-refractivity contribution in [3.63, 3.8) is 0 Å². The Bertz CT molecular complexity index is 878. The van der Waals surface area contributed by atoms with Crippen molar-refractivity contribution in [2.24, 2.45) is 0 Å². The normalized spacial score (nSPS) is 17.8. The molecule has 5 heteroatoms. The molecule has 1 unspecified atom stereocenters. The van der Waals surface area contributed by atoms with Crippen molar-refractivity contribution in [2.75, 3.05) is 19.6 Å². The first-order valence-electron chi connectivity index (χ1n) is 8.56. The van der Waals surface area contributed by atoms with Gasteiger partial charge in [0.1, 0.15) is 5.58 Å². The van der Waals surface area contributed by atoms with Crippen LogP contribution in [0.15, 0.2) is 47.1 Å². The zero-order chi connectivity index (χ0) is 17.4. The highest BCUT2D eigenvalue weighted by Gasteiger charge is 2.30. The van der Waals surface area contributed by atoms with Crippen LogP contribution in [0.1, 0.15) is 33.3 Å². The number of hydrogen-bond acceptors (Lipinski definition) is 4. The number of hydrogen-bond donors (Lipinski definition) is 1. The van der Waals surface area contributed by atoms with Gasteiger partial charge in [0.15, 0.2) is 5.76 Å². The van der Waals surface area contributed by atoms with E-state index in [0.29, 0.717) is 12.3 Å². The predicted molar refractivity (Wildman–Crippen MR) is 96.6 cm³/mol. The van der Waals surface area contributed by atoms with Crippen molar-refractivity contribution in [3.8, 4) is 0 Å². The molecule has 1 aromatic carbocycles. The Balaban J connectivity index is 1.68. The van der Waals surface area contributed by atoms with E-state index < -0.39 is 0 Å². The van der Waals surface area contributed by atoms with Crippen LogP contribution in [0.3, 0.4) is 0 Å². The van der Waals surface area contributed by atoms with Crippen molar-refractivity contribution in [3.05, 3.63) is 65.2 Å². The number of benzene rings is 1. The Morgan fingerprint density at radius 3 is 2.92 bits per heavy atom. The van der Waals surface area contributed by atoms with Crippen LogP contribution in [-0.2, 0) is 0 Å². The van der Waals surface area contributed by atoms with E-state index in [4.69, 9.17) is 4.42 Å². The number of pyridine rings is 1. The summed E-state index contributed by atoms with van der Waals surface area (Å²) in [4.78, 5) is 19.2. The summed E-state index contributed by atoms with van der Waals surface area (Å²) in [7, 11) is 0. The van der Waals surface area contributed by atoms with Gasteiger partial charge >= 0.3 is 0 Å². The number of carbonyl (C=O) groups excluding carboxylic acids is 1. The van der Waals surface area contributed by atoms with Crippen molar-refractivity contribution in [1.29, 1.82) is 0 Å². The molecule has 0 aliphatic carbocycles. The largest absolute Gasteiger partial charge is 0.451 e. The average molecular weight is 335 g/mol. The van der Waals surface area contributed by atoms with Crippen molar-refractivity contribution in [2.45, 2.75) is 19.9 Å². The zero-order valence-corrected chi connectivity index (χ0v) is 14.5. The molecular formula is C20H21N3O2. The molecular weight excluding hydrogens is 314 g/mol. The van der Waals surface area contributed by atoms with Crippen LogP contribution < -0.4 is 5.32 Å². The molecule has 2 aromatic heterocycles. The van der Waals surface area contributed by atoms with Gasteiger partial charge in [-0.1, -0.05) is 6.07 Å². The maximum atomic E-state index is 13.1. The zero-order valence-electron chi connectivity index (χ0n) is 14.5. The second kappa shape index (κ2) is 6.33. The molecule has 1 N–H and O–H groups in total. The Labute approximate surface area is 146 Å². The van der Waals surface area contributed by atoms with Crippen molar-refractivity contribution < 1.29 is 9.21 Å². The van der Waals surface area contributed by atoms with Crippen LogP contribution in [0.25, 0.3) is 11.0 Å². The minimum absolute atomic E-state index is 0.0355. The molecule has 1 amide bonds. The molecule has 1 saturated heterocycles. The fraction of sp³-hybridized carbons (Fsp3) is 0.300. The van der Waals surface area contributed by atoms with Gasteiger partial charge in [-0.15, -0.1) is 0 Å². The van der Waals surface area contributed by atoms with Gasteiger partial charge < -0.3 is 14.6 Å². The highest BCUT2D eigenvalue weighted by atomic mass is 16.3. The van der Waals surface area contributed by atoms with Gasteiger partial charge in [-0.3, -0.25) is 9.78 Å². The van der Waals surface area contributed by atoms with Gasteiger partial charge in [0, 0.05) is 37.4 Å². The molecule has 1 aliphatic rings. The van der Waals surface area contributed by atoms with Crippen molar-refractivity contribution in [1.82, 2.24) is 15.2 Å². The summed E-state index contributed by atoms with van der Waals surface area (Å²) in [5.41, 5.74) is 4.16.